The van der Waals surface area contributed by atoms with Crippen LogP contribution in [0.3, 0.4) is 0 Å². The van der Waals surface area contributed by atoms with Gasteiger partial charge in [-0.25, -0.2) is 0 Å². The minimum absolute atomic E-state index is 0.107. The first kappa shape index (κ1) is 19.8. The number of hydrogen-bond acceptors (Lipinski definition) is 5. The Morgan fingerprint density at radius 1 is 1.10 bits per heavy atom. The third kappa shape index (κ3) is 4.74. The third-order valence-electron chi connectivity index (χ3n) is 5.26. The highest BCUT2D eigenvalue weighted by atomic mass is 16.5. The van der Waals surface area contributed by atoms with Crippen molar-refractivity contribution in [3.8, 4) is 11.4 Å². The van der Waals surface area contributed by atoms with Gasteiger partial charge in [0.05, 0.1) is 6.54 Å². The summed E-state index contributed by atoms with van der Waals surface area (Å²) in [4.78, 5) is 28.9. The average Bonchev–Trinajstić information content (AvgIpc) is 3.44. The van der Waals surface area contributed by atoms with Crippen LogP contribution in [0, 0.1) is 6.92 Å². The molecule has 30 heavy (non-hydrogen) atoms. The predicted molar refractivity (Wildman–Crippen MR) is 113 cm³/mol. The molecule has 0 aliphatic heterocycles. The zero-order chi connectivity index (χ0) is 20.9. The number of aromatic nitrogens is 2. The minimum atomic E-state index is -0.319. The van der Waals surface area contributed by atoms with E-state index in [0.717, 1.165) is 24.0 Å². The van der Waals surface area contributed by atoms with E-state index in [1.54, 1.807) is 24.3 Å². The second kappa shape index (κ2) is 8.90. The molecule has 0 saturated heterocycles. The van der Waals surface area contributed by atoms with Gasteiger partial charge < -0.3 is 15.2 Å². The Morgan fingerprint density at radius 3 is 2.60 bits per heavy atom. The minimum Gasteiger partial charge on any atom is -0.343 e. The van der Waals surface area contributed by atoms with E-state index in [-0.39, 0.29) is 18.4 Å². The number of carbonyl (C=O) groups is 2. The molecule has 3 aromatic rings. The van der Waals surface area contributed by atoms with Gasteiger partial charge in [0.2, 0.25) is 17.6 Å². The van der Waals surface area contributed by atoms with Crippen molar-refractivity contribution in [2.24, 2.45) is 0 Å². The second-order valence-electron chi connectivity index (χ2n) is 7.62. The van der Waals surface area contributed by atoms with Gasteiger partial charge in [0, 0.05) is 22.7 Å². The summed E-state index contributed by atoms with van der Waals surface area (Å²) < 4.78 is 5.42. The highest BCUT2D eigenvalue weighted by molar-refractivity contribution is 5.99. The Bertz CT molecular complexity index is 1040. The van der Waals surface area contributed by atoms with Gasteiger partial charge in [-0.3, -0.25) is 9.59 Å². The molecule has 7 nitrogen and oxygen atoms in total. The molecule has 0 spiro atoms. The van der Waals surface area contributed by atoms with Crippen LogP contribution in [0.4, 0.5) is 5.69 Å². The quantitative estimate of drug-likeness (QED) is 0.645. The lowest BCUT2D eigenvalue weighted by Gasteiger charge is -2.08. The van der Waals surface area contributed by atoms with Crippen molar-refractivity contribution in [2.75, 3.05) is 11.9 Å². The van der Waals surface area contributed by atoms with E-state index in [1.807, 2.05) is 31.2 Å². The van der Waals surface area contributed by atoms with E-state index in [0.29, 0.717) is 28.9 Å². The number of rotatable bonds is 6. The number of benzene rings is 2. The lowest BCUT2D eigenvalue weighted by molar-refractivity contribution is -0.115. The first-order valence-corrected chi connectivity index (χ1v) is 10.2. The number of nitrogens with one attached hydrogen (secondary N) is 2. The molecule has 2 aromatic carbocycles. The van der Waals surface area contributed by atoms with Gasteiger partial charge in [-0.05, 0) is 49.6 Å². The average molecular weight is 404 g/mol. The van der Waals surface area contributed by atoms with Gasteiger partial charge in [0.15, 0.2) is 0 Å². The molecule has 2 amide bonds. The summed E-state index contributed by atoms with van der Waals surface area (Å²) in [6.07, 6.45) is 4.60. The van der Waals surface area contributed by atoms with Crippen molar-refractivity contribution in [3.05, 3.63) is 65.5 Å². The molecule has 1 aromatic heterocycles. The number of carbonyl (C=O) groups excluding carboxylic acids is 2. The fraction of sp³-hybridized carbons (Fsp3) is 0.304. The van der Waals surface area contributed by atoms with Crippen molar-refractivity contribution in [1.29, 1.82) is 0 Å². The summed E-state index contributed by atoms with van der Waals surface area (Å²) >= 11 is 0. The van der Waals surface area contributed by atoms with Crippen molar-refractivity contribution in [3.63, 3.8) is 0 Å². The van der Waals surface area contributed by atoms with E-state index < -0.39 is 0 Å². The molecule has 1 aliphatic carbocycles. The normalized spacial score (nSPS) is 13.9. The maximum atomic E-state index is 12.3. The maximum Gasteiger partial charge on any atom is 0.251 e. The number of aryl methyl sites for hydroxylation is 1. The highest BCUT2D eigenvalue weighted by Crippen LogP contribution is 2.33. The summed E-state index contributed by atoms with van der Waals surface area (Å²) in [6, 6.07) is 14.4. The molecular weight excluding hydrogens is 380 g/mol. The fourth-order valence-corrected chi connectivity index (χ4v) is 3.65. The molecule has 0 atom stereocenters. The van der Waals surface area contributed by atoms with Gasteiger partial charge >= 0.3 is 0 Å². The van der Waals surface area contributed by atoms with Crippen LogP contribution in [-0.4, -0.2) is 28.5 Å². The highest BCUT2D eigenvalue weighted by Gasteiger charge is 2.23. The zero-order valence-electron chi connectivity index (χ0n) is 16.9. The summed E-state index contributed by atoms with van der Waals surface area (Å²) in [5.74, 6) is 0.991. The number of hydrogen-bond donors (Lipinski definition) is 2. The fourth-order valence-electron chi connectivity index (χ4n) is 3.65. The van der Waals surface area contributed by atoms with E-state index >= 15 is 0 Å². The molecule has 1 aliphatic rings. The van der Waals surface area contributed by atoms with Gasteiger partial charge in [-0.1, -0.05) is 42.3 Å². The van der Waals surface area contributed by atoms with E-state index in [4.69, 9.17) is 4.52 Å². The first-order chi connectivity index (χ1) is 14.6. The Labute approximate surface area is 174 Å². The summed E-state index contributed by atoms with van der Waals surface area (Å²) in [7, 11) is 0. The van der Waals surface area contributed by atoms with Crippen LogP contribution >= 0.6 is 0 Å². The van der Waals surface area contributed by atoms with Crippen LogP contribution in [0.2, 0.25) is 0 Å². The lowest BCUT2D eigenvalue weighted by atomic mass is 10.1. The van der Waals surface area contributed by atoms with Crippen LogP contribution in [-0.2, 0) is 4.79 Å². The number of amides is 2. The molecule has 0 unspecified atom stereocenters. The topological polar surface area (TPSA) is 97.1 Å². The van der Waals surface area contributed by atoms with Crippen molar-refractivity contribution >= 4 is 17.5 Å². The van der Waals surface area contributed by atoms with Gasteiger partial charge in [-0.15, -0.1) is 0 Å². The van der Waals surface area contributed by atoms with E-state index in [2.05, 4.69) is 20.8 Å². The molecule has 0 radical (unpaired) electrons. The molecule has 7 heteroatoms. The van der Waals surface area contributed by atoms with Crippen LogP contribution in [0.15, 0.2) is 53.1 Å². The molecule has 4 rings (SSSR count). The largest absolute Gasteiger partial charge is 0.343 e. The summed E-state index contributed by atoms with van der Waals surface area (Å²) in [6.45, 7) is 1.84. The Hall–Kier alpha value is -3.48. The number of nitrogens with zero attached hydrogens (tertiary/aromatic N) is 2. The standard InChI is InChI=1S/C23H24N4O3/c1-15-5-4-8-19(13-15)25-20(28)14-24-22(29)17-11-9-16(10-12-17)21-26-23(30-27-21)18-6-2-3-7-18/h4-5,8-13,18H,2-3,6-7,14H2,1H3,(H,24,29)(H,25,28). The van der Waals surface area contributed by atoms with Crippen molar-refractivity contribution in [1.82, 2.24) is 15.5 Å². The first-order valence-electron chi connectivity index (χ1n) is 10.2. The van der Waals surface area contributed by atoms with Crippen LogP contribution in [0.1, 0.15) is 53.4 Å². The lowest BCUT2D eigenvalue weighted by Crippen LogP contribution is -2.32. The van der Waals surface area contributed by atoms with Crippen LogP contribution < -0.4 is 10.6 Å². The second-order valence-corrected chi connectivity index (χ2v) is 7.62. The maximum absolute atomic E-state index is 12.3. The molecule has 2 N–H and O–H groups in total. The van der Waals surface area contributed by atoms with Crippen LogP contribution in [0.25, 0.3) is 11.4 Å². The molecule has 0 bridgehead atoms. The predicted octanol–water partition coefficient (Wildman–Crippen LogP) is 4.07. The molecule has 1 heterocycles. The Morgan fingerprint density at radius 2 is 1.87 bits per heavy atom. The zero-order valence-corrected chi connectivity index (χ0v) is 16.9. The Balaban J connectivity index is 1.32. The van der Waals surface area contributed by atoms with Crippen molar-refractivity contribution < 1.29 is 14.1 Å². The van der Waals surface area contributed by atoms with Gasteiger partial charge in [0.1, 0.15) is 0 Å². The smallest absolute Gasteiger partial charge is 0.251 e. The van der Waals surface area contributed by atoms with Crippen molar-refractivity contribution in [2.45, 2.75) is 38.5 Å². The molecule has 1 fully saturated rings. The van der Waals surface area contributed by atoms with Gasteiger partial charge in [-0.2, -0.15) is 4.98 Å². The van der Waals surface area contributed by atoms with E-state index in [9.17, 15) is 9.59 Å². The third-order valence-corrected chi connectivity index (χ3v) is 5.26. The monoisotopic (exact) mass is 404 g/mol. The van der Waals surface area contributed by atoms with E-state index in [1.165, 1.54) is 12.8 Å². The molecular formula is C23H24N4O3. The Kier molecular flexibility index (Phi) is 5.88. The van der Waals surface area contributed by atoms with Gasteiger partial charge in [0.25, 0.3) is 5.91 Å². The summed E-state index contributed by atoms with van der Waals surface area (Å²) in [5, 5.41) is 9.47. The number of anilines is 1. The SMILES string of the molecule is Cc1cccc(NC(=O)CNC(=O)c2ccc(-c3noc(C4CCCC4)n3)cc2)c1. The van der Waals surface area contributed by atoms with Crippen LogP contribution in [0.5, 0.6) is 0 Å². The molecule has 1 saturated carbocycles. The molecule has 154 valence electrons. The summed E-state index contributed by atoms with van der Waals surface area (Å²) in [5.41, 5.74) is 3.00.